The van der Waals surface area contributed by atoms with E-state index in [4.69, 9.17) is 0 Å². The van der Waals surface area contributed by atoms with Gasteiger partial charge < -0.3 is 10.4 Å². The number of nitrogens with one attached hydrogen (secondary N) is 1. The number of sulfone groups is 1. The van der Waals surface area contributed by atoms with E-state index in [0.29, 0.717) is 27.0 Å². The molecule has 0 aliphatic rings. The van der Waals surface area contributed by atoms with Crippen LogP contribution in [0, 0.1) is 0 Å². The van der Waals surface area contributed by atoms with Gasteiger partial charge in [-0.1, -0.05) is 23.5 Å². The Kier molecular flexibility index (Phi) is 6.29. The first-order valence-corrected chi connectivity index (χ1v) is 12.9. The molecule has 0 bridgehead atoms. The molecule has 3 aromatic rings. The smallest absolute Gasteiger partial charge is 0.242 e. The first-order chi connectivity index (χ1) is 14.0. The fraction of sp³-hybridized carbons (Fsp3) is 0.211. The number of benzene rings is 2. The highest BCUT2D eigenvalue weighted by atomic mass is 32.2. The molecule has 0 saturated heterocycles. The van der Waals surface area contributed by atoms with Crippen LogP contribution in [-0.4, -0.2) is 51.6 Å². The summed E-state index contributed by atoms with van der Waals surface area (Å²) in [4.78, 5) is 5.52. The lowest BCUT2D eigenvalue weighted by Gasteiger charge is -2.11. The van der Waals surface area contributed by atoms with Crippen molar-refractivity contribution in [2.75, 3.05) is 25.7 Å². The van der Waals surface area contributed by atoms with Gasteiger partial charge in [0.25, 0.3) is 0 Å². The second-order valence-electron chi connectivity index (χ2n) is 6.68. The molecule has 0 saturated carbocycles. The Morgan fingerprint density at radius 2 is 1.53 bits per heavy atom. The summed E-state index contributed by atoms with van der Waals surface area (Å²) in [5, 5.41) is 13.3. The minimum Gasteiger partial charge on any atom is -0.391 e. The number of aliphatic hydroxyl groups is 1. The number of rotatable bonds is 7. The summed E-state index contributed by atoms with van der Waals surface area (Å²) in [6.07, 6.45) is 1.14. The molecule has 1 aromatic heterocycles. The molecule has 0 aliphatic carbocycles. The summed E-state index contributed by atoms with van der Waals surface area (Å²) in [5.41, 5.74) is 1.87. The van der Waals surface area contributed by atoms with Crippen LogP contribution >= 0.6 is 11.3 Å². The number of aliphatic hydroxyl groups excluding tert-OH is 1. The van der Waals surface area contributed by atoms with Gasteiger partial charge in [-0.15, -0.1) is 0 Å². The van der Waals surface area contributed by atoms with Crippen molar-refractivity contribution in [3.63, 3.8) is 0 Å². The molecule has 3 rings (SSSR count). The van der Waals surface area contributed by atoms with Gasteiger partial charge in [0, 0.05) is 31.6 Å². The minimum atomic E-state index is -3.53. The van der Waals surface area contributed by atoms with Gasteiger partial charge in [0.15, 0.2) is 15.0 Å². The van der Waals surface area contributed by atoms with Gasteiger partial charge in [-0.3, -0.25) is 0 Å². The molecule has 0 amide bonds. The SMILES string of the molecule is CN(C)S(=O)(=O)c1ccc(-c2nc(Nc3ccc(S(C)(=O)=O)cc3)sc2CO)cc1. The van der Waals surface area contributed by atoms with Gasteiger partial charge in [0.1, 0.15) is 0 Å². The van der Waals surface area contributed by atoms with Crippen molar-refractivity contribution in [2.45, 2.75) is 16.4 Å². The monoisotopic (exact) mass is 467 g/mol. The summed E-state index contributed by atoms with van der Waals surface area (Å²) in [7, 11) is -3.87. The Morgan fingerprint density at radius 1 is 0.967 bits per heavy atom. The van der Waals surface area contributed by atoms with Crippen molar-refractivity contribution in [3.8, 4) is 11.3 Å². The lowest BCUT2D eigenvalue weighted by atomic mass is 10.1. The number of aromatic nitrogens is 1. The van der Waals surface area contributed by atoms with Gasteiger partial charge >= 0.3 is 0 Å². The van der Waals surface area contributed by atoms with Gasteiger partial charge in [-0.05, 0) is 36.4 Å². The van der Waals surface area contributed by atoms with Gasteiger partial charge in [-0.25, -0.2) is 26.1 Å². The lowest BCUT2D eigenvalue weighted by molar-refractivity contribution is 0.286. The second kappa shape index (κ2) is 8.44. The number of anilines is 2. The van der Waals surface area contributed by atoms with E-state index >= 15 is 0 Å². The Bertz CT molecular complexity index is 1250. The topological polar surface area (TPSA) is 117 Å². The molecule has 0 aliphatic heterocycles. The van der Waals surface area contributed by atoms with Gasteiger partial charge in [0.2, 0.25) is 10.0 Å². The summed E-state index contributed by atoms with van der Waals surface area (Å²) in [5.74, 6) is 0. The Labute approximate surface area is 179 Å². The van der Waals surface area contributed by atoms with Crippen LogP contribution in [0.3, 0.4) is 0 Å². The third-order valence-corrected chi connectivity index (χ3v) is 8.19. The van der Waals surface area contributed by atoms with E-state index in [1.807, 2.05) is 0 Å². The quantitative estimate of drug-likeness (QED) is 0.549. The summed E-state index contributed by atoms with van der Waals surface area (Å²) in [6, 6.07) is 12.6. The predicted octanol–water partition coefficient (Wildman–Crippen LogP) is 2.70. The van der Waals surface area contributed by atoms with Crippen LogP contribution in [0.4, 0.5) is 10.8 Å². The maximum Gasteiger partial charge on any atom is 0.242 e. The van der Waals surface area contributed by atoms with E-state index in [-0.39, 0.29) is 16.4 Å². The minimum absolute atomic E-state index is 0.168. The molecule has 1 heterocycles. The normalized spacial score (nSPS) is 12.3. The van der Waals surface area contributed by atoms with Crippen molar-refractivity contribution in [1.82, 2.24) is 9.29 Å². The Morgan fingerprint density at radius 3 is 2.03 bits per heavy atom. The van der Waals surface area contributed by atoms with Crippen molar-refractivity contribution in [1.29, 1.82) is 0 Å². The molecule has 11 heteroatoms. The number of thiazole rings is 1. The molecule has 8 nitrogen and oxygen atoms in total. The van der Waals surface area contributed by atoms with Crippen LogP contribution in [0.1, 0.15) is 4.88 Å². The molecule has 0 atom stereocenters. The molecule has 0 spiro atoms. The highest BCUT2D eigenvalue weighted by molar-refractivity contribution is 7.90. The third kappa shape index (κ3) is 4.71. The zero-order chi connectivity index (χ0) is 22.1. The highest BCUT2D eigenvalue weighted by Crippen LogP contribution is 2.33. The van der Waals surface area contributed by atoms with Crippen molar-refractivity contribution in [2.24, 2.45) is 0 Å². The molecule has 0 fully saturated rings. The van der Waals surface area contributed by atoms with E-state index in [2.05, 4.69) is 10.3 Å². The van der Waals surface area contributed by atoms with Crippen LogP contribution in [0.15, 0.2) is 58.3 Å². The summed E-state index contributed by atoms with van der Waals surface area (Å²) >= 11 is 1.26. The molecule has 2 aromatic carbocycles. The zero-order valence-electron chi connectivity index (χ0n) is 16.5. The second-order valence-corrected chi connectivity index (χ2v) is 11.9. The molecule has 0 radical (unpaired) electrons. The average Bonchev–Trinajstić information content (AvgIpc) is 3.10. The van der Waals surface area contributed by atoms with Crippen LogP contribution in [0.25, 0.3) is 11.3 Å². The molecule has 0 unspecified atom stereocenters. The molecular weight excluding hydrogens is 446 g/mol. The maximum atomic E-state index is 12.2. The summed E-state index contributed by atoms with van der Waals surface area (Å²) in [6.45, 7) is -0.223. The number of hydrogen-bond acceptors (Lipinski definition) is 8. The molecule has 2 N–H and O–H groups in total. The zero-order valence-corrected chi connectivity index (χ0v) is 19.0. The first kappa shape index (κ1) is 22.4. The van der Waals surface area contributed by atoms with Gasteiger partial charge in [0.05, 0.1) is 27.0 Å². The van der Waals surface area contributed by atoms with Crippen LogP contribution in [0.5, 0.6) is 0 Å². The lowest BCUT2D eigenvalue weighted by Crippen LogP contribution is -2.22. The van der Waals surface area contributed by atoms with E-state index in [1.54, 1.807) is 24.3 Å². The van der Waals surface area contributed by atoms with E-state index < -0.39 is 19.9 Å². The molecule has 30 heavy (non-hydrogen) atoms. The largest absolute Gasteiger partial charge is 0.391 e. The van der Waals surface area contributed by atoms with Crippen molar-refractivity contribution < 1.29 is 21.9 Å². The highest BCUT2D eigenvalue weighted by Gasteiger charge is 2.18. The van der Waals surface area contributed by atoms with E-state index in [0.717, 1.165) is 10.6 Å². The number of sulfonamides is 1. The van der Waals surface area contributed by atoms with E-state index in [9.17, 15) is 21.9 Å². The average molecular weight is 468 g/mol. The predicted molar refractivity (Wildman–Crippen MR) is 117 cm³/mol. The molecule has 160 valence electrons. The van der Waals surface area contributed by atoms with Crippen molar-refractivity contribution in [3.05, 3.63) is 53.4 Å². The van der Waals surface area contributed by atoms with Crippen LogP contribution in [0.2, 0.25) is 0 Å². The Balaban J connectivity index is 1.88. The van der Waals surface area contributed by atoms with Crippen LogP contribution in [-0.2, 0) is 26.5 Å². The molecular formula is C19H21N3O5S3. The first-order valence-electron chi connectivity index (χ1n) is 8.73. The number of nitrogens with zero attached hydrogens (tertiary/aromatic N) is 2. The maximum absolute atomic E-state index is 12.2. The fourth-order valence-corrected chi connectivity index (χ4v) is 5.04. The fourth-order valence-electron chi connectivity index (χ4n) is 2.64. The van der Waals surface area contributed by atoms with E-state index in [1.165, 1.54) is 49.7 Å². The number of hydrogen-bond donors (Lipinski definition) is 2. The van der Waals surface area contributed by atoms with Crippen molar-refractivity contribution >= 4 is 42.0 Å². The van der Waals surface area contributed by atoms with Gasteiger partial charge in [-0.2, -0.15) is 0 Å². The standard InChI is InChI=1S/C19H21N3O5S3/c1-22(2)30(26,27)16-8-4-13(5-9-16)18-17(12-23)28-19(21-18)20-14-6-10-15(11-7-14)29(3,24)25/h4-11,23H,12H2,1-3H3,(H,20,21). The third-order valence-electron chi connectivity index (χ3n) is 4.28. The summed E-state index contributed by atoms with van der Waals surface area (Å²) < 4.78 is 48.7. The van der Waals surface area contributed by atoms with Crippen LogP contribution < -0.4 is 5.32 Å². The Hall–Kier alpha value is -2.31.